The first-order valence-electron chi connectivity index (χ1n) is 9.28. The zero-order valence-corrected chi connectivity index (χ0v) is 16.3. The van der Waals surface area contributed by atoms with Crippen LogP contribution in [0.25, 0.3) is 11.0 Å². The van der Waals surface area contributed by atoms with Gasteiger partial charge in [0.1, 0.15) is 11.5 Å². The van der Waals surface area contributed by atoms with Gasteiger partial charge in [0, 0.05) is 35.9 Å². The summed E-state index contributed by atoms with van der Waals surface area (Å²) in [5, 5.41) is 8.05. The normalized spacial score (nSPS) is 16.2. The first-order valence-corrected chi connectivity index (χ1v) is 9.28. The molecule has 1 aliphatic carbocycles. The van der Waals surface area contributed by atoms with Crippen molar-refractivity contribution in [2.45, 2.75) is 25.3 Å². The number of fused-ring (bicyclic) bond motifs is 3. The van der Waals surface area contributed by atoms with E-state index in [1.54, 1.807) is 14.2 Å². The van der Waals surface area contributed by atoms with Crippen LogP contribution < -0.4 is 20.1 Å². The third-order valence-corrected chi connectivity index (χ3v) is 5.52. The number of ether oxygens (including phenoxy) is 2. The van der Waals surface area contributed by atoms with Crippen LogP contribution in [0.3, 0.4) is 0 Å². The first kappa shape index (κ1) is 17.7. The highest BCUT2D eigenvalue weighted by molar-refractivity contribution is 5.84. The Kier molecular flexibility index (Phi) is 4.66. The van der Waals surface area contributed by atoms with E-state index in [9.17, 15) is 0 Å². The number of benzene rings is 1. The Hall–Kier alpha value is -2.73. The molecule has 4 rings (SSSR count). The van der Waals surface area contributed by atoms with E-state index >= 15 is 0 Å². The Balaban J connectivity index is 1.68. The van der Waals surface area contributed by atoms with Crippen LogP contribution in [-0.2, 0) is 19.9 Å². The molecular formula is C21H26N4O2. The number of nitrogens with one attached hydrogen (secondary N) is 2. The lowest BCUT2D eigenvalue weighted by Crippen LogP contribution is -2.31. The largest absolute Gasteiger partial charge is 0.493 e. The van der Waals surface area contributed by atoms with Crippen molar-refractivity contribution in [1.29, 1.82) is 0 Å². The fourth-order valence-electron chi connectivity index (χ4n) is 4.01. The highest BCUT2D eigenvalue weighted by atomic mass is 16.5. The minimum absolute atomic E-state index is 0.549. The molecule has 0 bridgehead atoms. The molecule has 2 N–H and O–H groups in total. The number of rotatable bonds is 5. The first-order chi connectivity index (χ1) is 13.1. The van der Waals surface area contributed by atoms with Gasteiger partial charge in [-0.15, -0.1) is 0 Å². The number of pyridine rings is 1. The molecule has 1 aliphatic rings. The second kappa shape index (κ2) is 7.12. The van der Waals surface area contributed by atoms with Gasteiger partial charge in [0.25, 0.3) is 0 Å². The Labute approximate surface area is 159 Å². The van der Waals surface area contributed by atoms with Crippen molar-refractivity contribution in [3.63, 3.8) is 0 Å². The van der Waals surface area contributed by atoms with Crippen LogP contribution >= 0.6 is 0 Å². The van der Waals surface area contributed by atoms with Gasteiger partial charge in [-0.3, -0.25) is 0 Å². The molecule has 1 unspecified atom stereocenters. The van der Waals surface area contributed by atoms with Gasteiger partial charge in [0.2, 0.25) is 0 Å². The van der Waals surface area contributed by atoms with Gasteiger partial charge in [-0.05, 0) is 56.1 Å². The summed E-state index contributed by atoms with van der Waals surface area (Å²) < 4.78 is 12.9. The maximum atomic E-state index is 5.38. The van der Waals surface area contributed by atoms with Gasteiger partial charge in [0.05, 0.1) is 14.2 Å². The lowest BCUT2D eigenvalue weighted by Gasteiger charge is -2.22. The van der Waals surface area contributed by atoms with E-state index in [0.717, 1.165) is 30.0 Å². The summed E-state index contributed by atoms with van der Waals surface area (Å²) in [6, 6.07) is 10.5. The van der Waals surface area contributed by atoms with Crippen molar-refractivity contribution < 1.29 is 9.47 Å². The Morgan fingerprint density at radius 2 is 1.93 bits per heavy atom. The highest BCUT2D eigenvalue weighted by Gasteiger charge is 2.24. The molecule has 3 aromatic rings. The van der Waals surface area contributed by atoms with Crippen LogP contribution in [0, 0.1) is 0 Å². The number of hydrogen-bond donors (Lipinski definition) is 2. The molecule has 0 spiro atoms. The lowest BCUT2D eigenvalue weighted by atomic mass is 9.92. The summed E-state index contributed by atoms with van der Waals surface area (Å²) >= 11 is 0. The summed E-state index contributed by atoms with van der Waals surface area (Å²) in [7, 11) is 7.44. The van der Waals surface area contributed by atoms with E-state index in [-0.39, 0.29) is 0 Å². The van der Waals surface area contributed by atoms with E-state index in [1.165, 1.54) is 23.1 Å². The monoisotopic (exact) mass is 366 g/mol. The molecule has 1 aromatic carbocycles. The van der Waals surface area contributed by atoms with Gasteiger partial charge < -0.3 is 24.7 Å². The maximum Gasteiger partial charge on any atom is 0.162 e. The molecule has 142 valence electrons. The van der Waals surface area contributed by atoms with Gasteiger partial charge in [-0.25, -0.2) is 4.98 Å². The molecule has 0 radical (unpaired) electrons. The molecule has 0 amide bonds. The zero-order valence-electron chi connectivity index (χ0n) is 16.3. The quantitative estimate of drug-likeness (QED) is 0.725. The number of anilines is 2. The van der Waals surface area contributed by atoms with Crippen LogP contribution in [0.15, 0.2) is 30.3 Å². The number of nitrogens with zero attached hydrogens (tertiary/aromatic N) is 2. The summed E-state index contributed by atoms with van der Waals surface area (Å²) in [5.41, 5.74) is 4.78. The SMILES string of the molecule is CNC1CCc2c(c3ccc(Nc4ccc(OC)c(OC)c4)nc3n2C)C1. The van der Waals surface area contributed by atoms with Crippen molar-refractivity contribution in [1.82, 2.24) is 14.9 Å². The van der Waals surface area contributed by atoms with E-state index < -0.39 is 0 Å². The van der Waals surface area contributed by atoms with E-state index in [4.69, 9.17) is 14.5 Å². The van der Waals surface area contributed by atoms with Crippen LogP contribution in [0.4, 0.5) is 11.5 Å². The summed E-state index contributed by atoms with van der Waals surface area (Å²) in [6.45, 7) is 0. The molecular weight excluding hydrogens is 340 g/mol. The third kappa shape index (κ3) is 3.10. The molecule has 1 atom stereocenters. The van der Waals surface area contributed by atoms with Crippen molar-refractivity contribution in [3.8, 4) is 11.5 Å². The number of methoxy groups -OCH3 is 2. The molecule has 2 heterocycles. The van der Waals surface area contributed by atoms with Gasteiger partial charge in [0.15, 0.2) is 11.5 Å². The van der Waals surface area contributed by atoms with E-state index in [0.29, 0.717) is 17.5 Å². The fraction of sp³-hybridized carbons (Fsp3) is 0.381. The average molecular weight is 366 g/mol. The molecule has 0 aliphatic heterocycles. The standard InChI is InChI=1S/C21H26N4O2/c1-22-13-5-8-17-16(11-13)15-7-10-20(24-21(15)25(17)2)23-14-6-9-18(26-3)19(12-14)27-4/h6-7,9-10,12-13,22H,5,8,11H2,1-4H3,(H,23,24). The van der Waals surface area contributed by atoms with Crippen LogP contribution in [0.1, 0.15) is 17.7 Å². The molecule has 0 saturated carbocycles. The Morgan fingerprint density at radius 3 is 2.67 bits per heavy atom. The average Bonchev–Trinajstić information content (AvgIpc) is 2.99. The summed E-state index contributed by atoms with van der Waals surface area (Å²) in [6.07, 6.45) is 3.32. The predicted molar refractivity (Wildman–Crippen MR) is 108 cm³/mol. The summed E-state index contributed by atoms with van der Waals surface area (Å²) in [4.78, 5) is 4.88. The number of likely N-dealkylation sites (N-methyl/N-ethyl adjacent to an activating group) is 1. The van der Waals surface area contributed by atoms with Gasteiger partial charge >= 0.3 is 0 Å². The lowest BCUT2D eigenvalue weighted by molar-refractivity contribution is 0.355. The van der Waals surface area contributed by atoms with E-state index in [1.807, 2.05) is 31.3 Å². The van der Waals surface area contributed by atoms with Crippen molar-refractivity contribution in [2.75, 3.05) is 26.6 Å². The third-order valence-electron chi connectivity index (χ3n) is 5.52. The predicted octanol–water partition coefficient (Wildman–Crippen LogP) is 3.41. The van der Waals surface area contributed by atoms with Crippen LogP contribution in [0.5, 0.6) is 11.5 Å². The molecule has 6 heteroatoms. The number of aromatic nitrogens is 2. The molecule has 0 fully saturated rings. The van der Waals surface area contributed by atoms with Gasteiger partial charge in [-0.2, -0.15) is 0 Å². The van der Waals surface area contributed by atoms with Crippen LogP contribution in [0.2, 0.25) is 0 Å². The minimum atomic E-state index is 0.549. The molecule has 6 nitrogen and oxygen atoms in total. The second-order valence-corrected chi connectivity index (χ2v) is 6.98. The van der Waals surface area contributed by atoms with Gasteiger partial charge in [-0.1, -0.05) is 0 Å². The highest BCUT2D eigenvalue weighted by Crippen LogP contribution is 2.33. The Morgan fingerprint density at radius 1 is 1.11 bits per heavy atom. The zero-order chi connectivity index (χ0) is 19.0. The number of aryl methyl sites for hydroxylation is 1. The van der Waals surface area contributed by atoms with E-state index in [2.05, 4.69) is 28.3 Å². The topological polar surface area (TPSA) is 60.3 Å². The fourth-order valence-corrected chi connectivity index (χ4v) is 4.01. The number of hydrogen-bond acceptors (Lipinski definition) is 5. The van der Waals surface area contributed by atoms with Crippen molar-refractivity contribution in [3.05, 3.63) is 41.6 Å². The summed E-state index contributed by atoms with van der Waals surface area (Å²) in [5.74, 6) is 2.22. The second-order valence-electron chi connectivity index (χ2n) is 6.98. The van der Waals surface area contributed by atoms with Crippen molar-refractivity contribution >= 4 is 22.5 Å². The molecule has 2 aromatic heterocycles. The molecule has 27 heavy (non-hydrogen) atoms. The Bertz CT molecular complexity index is 980. The van der Waals surface area contributed by atoms with Crippen LogP contribution in [-0.4, -0.2) is 36.9 Å². The van der Waals surface area contributed by atoms with Crippen molar-refractivity contribution in [2.24, 2.45) is 7.05 Å². The molecule has 0 saturated heterocycles. The minimum Gasteiger partial charge on any atom is -0.493 e. The maximum absolute atomic E-state index is 5.38. The smallest absolute Gasteiger partial charge is 0.162 e.